The fraction of sp³-hybridized carbons (Fsp3) is 0.278. The second-order valence-electron chi connectivity index (χ2n) is 5.80. The summed E-state index contributed by atoms with van der Waals surface area (Å²) in [6.07, 6.45) is 0.964. The van der Waals surface area contributed by atoms with Crippen molar-refractivity contribution in [2.75, 3.05) is 30.8 Å². The molecule has 0 spiro atoms. The van der Waals surface area contributed by atoms with Crippen molar-refractivity contribution in [3.05, 3.63) is 59.7 Å². The Morgan fingerprint density at radius 2 is 1.77 bits per heavy atom. The van der Waals surface area contributed by atoms with Crippen molar-refractivity contribution in [2.24, 2.45) is 0 Å². The fourth-order valence-electron chi connectivity index (χ4n) is 2.89. The van der Waals surface area contributed by atoms with Gasteiger partial charge in [-0.3, -0.25) is 4.79 Å². The molecule has 4 heteroatoms. The summed E-state index contributed by atoms with van der Waals surface area (Å²) < 4.78 is 0. The Morgan fingerprint density at radius 3 is 2.55 bits per heavy atom. The summed E-state index contributed by atoms with van der Waals surface area (Å²) in [5, 5.41) is 0. The van der Waals surface area contributed by atoms with Gasteiger partial charge in [-0.2, -0.15) is 0 Å². The van der Waals surface area contributed by atoms with E-state index < -0.39 is 0 Å². The number of carbonyl (C=O) groups excluding carboxylic acids is 1. The molecule has 1 amide bonds. The average Bonchev–Trinajstić information content (AvgIpc) is 2.51. The van der Waals surface area contributed by atoms with Crippen molar-refractivity contribution in [3.8, 4) is 0 Å². The molecule has 22 heavy (non-hydrogen) atoms. The van der Waals surface area contributed by atoms with Crippen molar-refractivity contribution >= 4 is 17.3 Å². The maximum Gasteiger partial charge on any atom is 0.258 e. The number of para-hydroxylation sites is 1. The van der Waals surface area contributed by atoms with E-state index >= 15 is 0 Å². The standard InChI is InChI=1S/C18H21N3O/c1-20-11-4-12-21(17-6-3-2-5-15(17)13-20)18(22)14-7-9-16(19)10-8-14/h2-3,5-10H,4,11-13,19H2,1H3. The molecule has 2 aromatic carbocycles. The minimum Gasteiger partial charge on any atom is -0.399 e. The Labute approximate surface area is 131 Å². The molecule has 0 saturated heterocycles. The topological polar surface area (TPSA) is 49.6 Å². The van der Waals surface area contributed by atoms with Crippen LogP contribution >= 0.6 is 0 Å². The van der Waals surface area contributed by atoms with Crippen LogP contribution < -0.4 is 10.6 Å². The highest BCUT2D eigenvalue weighted by molar-refractivity contribution is 6.06. The predicted molar refractivity (Wildman–Crippen MR) is 89.9 cm³/mol. The molecular formula is C18H21N3O. The first-order chi connectivity index (χ1) is 10.6. The highest BCUT2D eigenvalue weighted by Crippen LogP contribution is 2.26. The van der Waals surface area contributed by atoms with Crippen LogP contribution in [0.3, 0.4) is 0 Å². The molecule has 1 aliphatic heterocycles. The summed E-state index contributed by atoms with van der Waals surface area (Å²) in [6.45, 7) is 2.58. The fourth-order valence-corrected chi connectivity index (χ4v) is 2.89. The Balaban J connectivity index is 1.97. The number of anilines is 2. The number of amides is 1. The van der Waals surface area contributed by atoms with Gasteiger partial charge in [0.2, 0.25) is 0 Å². The smallest absolute Gasteiger partial charge is 0.258 e. The SMILES string of the molecule is CN1CCCN(C(=O)c2ccc(N)cc2)c2ccccc2C1. The molecule has 4 nitrogen and oxygen atoms in total. The molecule has 2 N–H and O–H groups in total. The van der Waals surface area contributed by atoms with Gasteiger partial charge in [0.25, 0.3) is 5.91 Å². The zero-order valence-corrected chi connectivity index (χ0v) is 12.8. The number of nitrogens with two attached hydrogens (primary N) is 1. The van der Waals surface area contributed by atoms with Crippen LogP contribution in [0.4, 0.5) is 11.4 Å². The van der Waals surface area contributed by atoms with E-state index in [0.29, 0.717) is 11.3 Å². The second-order valence-corrected chi connectivity index (χ2v) is 5.80. The third-order valence-electron chi connectivity index (χ3n) is 4.05. The summed E-state index contributed by atoms with van der Waals surface area (Å²) in [7, 11) is 2.12. The van der Waals surface area contributed by atoms with E-state index in [1.54, 1.807) is 24.3 Å². The van der Waals surface area contributed by atoms with Gasteiger partial charge in [0.1, 0.15) is 0 Å². The number of nitrogen functional groups attached to an aromatic ring is 1. The summed E-state index contributed by atoms with van der Waals surface area (Å²) in [5.74, 6) is 0.0389. The molecule has 114 valence electrons. The van der Waals surface area contributed by atoms with Crippen LogP contribution in [0.5, 0.6) is 0 Å². The maximum atomic E-state index is 12.9. The summed E-state index contributed by atoms with van der Waals surface area (Å²) in [6, 6.07) is 15.3. The number of benzene rings is 2. The first-order valence-electron chi connectivity index (χ1n) is 7.59. The minimum atomic E-state index is 0.0389. The summed E-state index contributed by atoms with van der Waals surface area (Å²) in [5.41, 5.74) is 9.26. The van der Waals surface area contributed by atoms with Crippen LogP contribution in [0.2, 0.25) is 0 Å². The van der Waals surface area contributed by atoms with Gasteiger partial charge in [0, 0.05) is 30.0 Å². The van der Waals surface area contributed by atoms with Gasteiger partial charge in [0.15, 0.2) is 0 Å². The van der Waals surface area contributed by atoms with Gasteiger partial charge in [-0.1, -0.05) is 18.2 Å². The van der Waals surface area contributed by atoms with E-state index in [1.165, 1.54) is 5.56 Å². The monoisotopic (exact) mass is 295 g/mol. The first kappa shape index (κ1) is 14.6. The average molecular weight is 295 g/mol. The molecule has 0 fully saturated rings. The van der Waals surface area contributed by atoms with Crippen LogP contribution in [0.25, 0.3) is 0 Å². The van der Waals surface area contributed by atoms with E-state index in [1.807, 2.05) is 23.1 Å². The lowest BCUT2D eigenvalue weighted by molar-refractivity contribution is 0.0984. The van der Waals surface area contributed by atoms with Crippen LogP contribution in [0.1, 0.15) is 22.3 Å². The van der Waals surface area contributed by atoms with Crippen molar-refractivity contribution in [1.29, 1.82) is 0 Å². The minimum absolute atomic E-state index is 0.0389. The molecule has 0 aromatic heterocycles. The Hall–Kier alpha value is -2.33. The van der Waals surface area contributed by atoms with Gasteiger partial charge < -0.3 is 15.5 Å². The molecular weight excluding hydrogens is 274 g/mol. The lowest BCUT2D eigenvalue weighted by Gasteiger charge is -2.30. The number of hydrogen-bond donors (Lipinski definition) is 1. The Bertz CT molecular complexity index is 666. The molecule has 0 atom stereocenters. The van der Waals surface area contributed by atoms with Crippen LogP contribution in [0.15, 0.2) is 48.5 Å². The van der Waals surface area contributed by atoms with Crippen molar-refractivity contribution in [2.45, 2.75) is 13.0 Å². The largest absolute Gasteiger partial charge is 0.399 e. The number of fused-ring (bicyclic) bond motifs is 1. The lowest BCUT2D eigenvalue weighted by atomic mass is 10.1. The van der Waals surface area contributed by atoms with E-state index in [2.05, 4.69) is 18.0 Å². The van der Waals surface area contributed by atoms with Crippen LogP contribution in [0, 0.1) is 0 Å². The van der Waals surface area contributed by atoms with Crippen molar-refractivity contribution in [1.82, 2.24) is 4.90 Å². The lowest BCUT2D eigenvalue weighted by Crippen LogP contribution is -2.37. The molecule has 0 radical (unpaired) electrons. The van der Waals surface area contributed by atoms with E-state index in [0.717, 1.165) is 31.7 Å². The number of nitrogens with zero attached hydrogens (tertiary/aromatic N) is 2. The second kappa shape index (κ2) is 6.20. The molecule has 1 aliphatic rings. The van der Waals surface area contributed by atoms with Gasteiger partial charge in [-0.15, -0.1) is 0 Å². The molecule has 0 aliphatic carbocycles. The molecule has 1 heterocycles. The van der Waals surface area contributed by atoms with E-state index in [9.17, 15) is 4.79 Å². The van der Waals surface area contributed by atoms with Gasteiger partial charge in [0.05, 0.1) is 0 Å². The van der Waals surface area contributed by atoms with E-state index in [4.69, 9.17) is 5.73 Å². The van der Waals surface area contributed by atoms with Gasteiger partial charge >= 0.3 is 0 Å². The van der Waals surface area contributed by atoms with Crippen molar-refractivity contribution in [3.63, 3.8) is 0 Å². The molecule has 2 aromatic rings. The normalized spacial score (nSPS) is 15.8. The van der Waals surface area contributed by atoms with Crippen LogP contribution in [-0.2, 0) is 6.54 Å². The number of hydrogen-bond acceptors (Lipinski definition) is 3. The maximum absolute atomic E-state index is 12.9. The summed E-state index contributed by atoms with van der Waals surface area (Å²) in [4.78, 5) is 17.1. The first-order valence-corrected chi connectivity index (χ1v) is 7.59. The molecule has 0 unspecified atom stereocenters. The number of rotatable bonds is 1. The highest BCUT2D eigenvalue weighted by atomic mass is 16.2. The van der Waals surface area contributed by atoms with Gasteiger partial charge in [-0.05, 0) is 55.9 Å². The highest BCUT2D eigenvalue weighted by Gasteiger charge is 2.22. The zero-order valence-electron chi connectivity index (χ0n) is 12.8. The van der Waals surface area contributed by atoms with Crippen molar-refractivity contribution < 1.29 is 4.79 Å². The quantitative estimate of drug-likeness (QED) is 0.823. The molecule has 0 bridgehead atoms. The molecule has 3 rings (SSSR count). The molecule has 0 saturated carbocycles. The van der Waals surface area contributed by atoms with E-state index in [-0.39, 0.29) is 5.91 Å². The Morgan fingerprint density at radius 1 is 1.05 bits per heavy atom. The summed E-state index contributed by atoms with van der Waals surface area (Å²) >= 11 is 0. The number of carbonyl (C=O) groups is 1. The zero-order chi connectivity index (χ0) is 15.5. The third kappa shape index (κ3) is 2.97. The van der Waals surface area contributed by atoms with Gasteiger partial charge in [-0.25, -0.2) is 0 Å². The third-order valence-corrected chi connectivity index (χ3v) is 4.05. The van der Waals surface area contributed by atoms with Crippen LogP contribution in [-0.4, -0.2) is 30.9 Å². The Kier molecular flexibility index (Phi) is 4.11. The predicted octanol–water partition coefficient (Wildman–Crippen LogP) is 2.75.